The van der Waals surface area contributed by atoms with Gasteiger partial charge < -0.3 is 19.3 Å². The van der Waals surface area contributed by atoms with Gasteiger partial charge in [-0.25, -0.2) is 0 Å². The van der Waals surface area contributed by atoms with Crippen LogP contribution in [0.1, 0.15) is 36.5 Å². The van der Waals surface area contributed by atoms with Crippen LogP contribution in [0.25, 0.3) is 22.3 Å². The number of rotatable bonds is 5. The van der Waals surface area contributed by atoms with Crippen molar-refractivity contribution in [1.29, 1.82) is 10.5 Å². The molecule has 2 aliphatic rings. The fourth-order valence-corrected chi connectivity index (χ4v) is 7.56. The Morgan fingerprint density at radius 1 is 0.434 bits per heavy atom. The second kappa shape index (κ2) is 12.8. The average Bonchev–Trinajstić information content (AvgIpc) is 3.21. The first-order chi connectivity index (χ1) is 26.0. The number of nitrogens with zero attached hydrogens (tertiary/aromatic N) is 4. The highest BCUT2D eigenvalue weighted by Gasteiger charge is 2.35. The zero-order valence-electron chi connectivity index (χ0n) is 29.1. The number of anilines is 6. The van der Waals surface area contributed by atoms with Gasteiger partial charge in [0.15, 0.2) is 23.0 Å². The molecule has 0 spiro atoms. The highest BCUT2D eigenvalue weighted by molar-refractivity contribution is 6.04. The van der Waals surface area contributed by atoms with Crippen molar-refractivity contribution < 1.29 is 9.47 Å². The molecule has 6 nitrogen and oxygen atoms in total. The summed E-state index contributed by atoms with van der Waals surface area (Å²) >= 11 is 0. The van der Waals surface area contributed by atoms with E-state index in [2.05, 4.69) is 66.1 Å². The van der Waals surface area contributed by atoms with Crippen LogP contribution in [0.5, 0.6) is 23.0 Å². The molecule has 0 saturated heterocycles. The molecule has 0 saturated carbocycles. The molecule has 7 aromatic carbocycles. The van der Waals surface area contributed by atoms with Crippen LogP contribution >= 0.6 is 0 Å². The van der Waals surface area contributed by atoms with E-state index >= 15 is 0 Å². The van der Waals surface area contributed by atoms with Gasteiger partial charge in [-0.3, -0.25) is 0 Å². The van der Waals surface area contributed by atoms with Crippen molar-refractivity contribution in [2.45, 2.75) is 19.8 Å². The number of benzene rings is 7. The third-order valence-electron chi connectivity index (χ3n) is 9.85. The van der Waals surface area contributed by atoms with Crippen LogP contribution in [0, 0.1) is 22.7 Å². The smallest absolute Gasteiger partial charge is 0.151 e. The molecule has 6 heteroatoms. The highest BCUT2D eigenvalue weighted by Crippen LogP contribution is 2.59. The molecule has 0 atom stereocenters. The third-order valence-corrected chi connectivity index (χ3v) is 9.85. The SMILES string of the molecule is CC(C)c1c(-c2ccc(C#N)cc2)c(N2c3ccccc3Oc3ccccc32)cc(N2c3ccccc3Oc3ccccc32)c1-c1ccc(C#N)cc1. The van der Waals surface area contributed by atoms with E-state index in [1.807, 2.05) is 121 Å². The zero-order chi connectivity index (χ0) is 36.1. The number of hydrogen-bond donors (Lipinski definition) is 0. The van der Waals surface area contributed by atoms with Crippen molar-refractivity contribution in [2.75, 3.05) is 9.80 Å². The number of fused-ring (bicyclic) bond motifs is 4. The quantitative estimate of drug-likeness (QED) is 0.180. The van der Waals surface area contributed by atoms with Gasteiger partial charge >= 0.3 is 0 Å². The molecule has 0 bridgehead atoms. The van der Waals surface area contributed by atoms with Gasteiger partial charge in [0.2, 0.25) is 0 Å². The van der Waals surface area contributed by atoms with Crippen LogP contribution in [-0.2, 0) is 0 Å². The van der Waals surface area contributed by atoms with Crippen molar-refractivity contribution in [1.82, 2.24) is 0 Å². The van der Waals surface area contributed by atoms with Gasteiger partial charge in [0.25, 0.3) is 0 Å². The minimum absolute atomic E-state index is 0.0306. The number of hydrogen-bond acceptors (Lipinski definition) is 6. The van der Waals surface area contributed by atoms with E-state index in [9.17, 15) is 10.5 Å². The summed E-state index contributed by atoms with van der Waals surface area (Å²) in [6, 6.07) is 55.1. The molecule has 0 radical (unpaired) electrons. The van der Waals surface area contributed by atoms with Crippen molar-refractivity contribution in [3.8, 4) is 57.4 Å². The van der Waals surface area contributed by atoms with Crippen molar-refractivity contribution >= 4 is 34.1 Å². The first-order valence-corrected chi connectivity index (χ1v) is 17.6. The maximum absolute atomic E-state index is 9.78. The number of ether oxygens (including phenoxy) is 2. The van der Waals surface area contributed by atoms with Gasteiger partial charge in [-0.2, -0.15) is 10.5 Å². The minimum atomic E-state index is 0.0306. The molecular weight excluding hydrogens is 653 g/mol. The van der Waals surface area contributed by atoms with Crippen LogP contribution in [0.15, 0.2) is 152 Å². The van der Waals surface area contributed by atoms with Gasteiger partial charge in [-0.05, 0) is 101 Å². The summed E-state index contributed by atoms with van der Waals surface area (Å²) in [6.45, 7) is 4.46. The van der Waals surface area contributed by atoms with Gasteiger partial charge in [-0.1, -0.05) is 86.6 Å². The molecule has 252 valence electrons. The lowest BCUT2D eigenvalue weighted by Gasteiger charge is -2.39. The summed E-state index contributed by atoms with van der Waals surface area (Å²) in [5.74, 6) is 3.04. The molecular formula is C47H32N4O2. The second-order valence-corrected chi connectivity index (χ2v) is 13.4. The summed E-state index contributed by atoms with van der Waals surface area (Å²) in [5.41, 5.74) is 11.9. The summed E-state index contributed by atoms with van der Waals surface area (Å²) < 4.78 is 13.0. The monoisotopic (exact) mass is 684 g/mol. The second-order valence-electron chi connectivity index (χ2n) is 13.4. The lowest BCUT2D eigenvalue weighted by molar-refractivity contribution is 0.477. The van der Waals surface area contributed by atoms with E-state index in [1.165, 1.54) is 0 Å². The molecule has 2 aliphatic heterocycles. The molecule has 2 heterocycles. The minimum Gasteiger partial charge on any atom is -0.453 e. The summed E-state index contributed by atoms with van der Waals surface area (Å²) in [6.07, 6.45) is 0. The first-order valence-electron chi connectivity index (χ1n) is 17.6. The summed E-state index contributed by atoms with van der Waals surface area (Å²) in [5, 5.41) is 19.6. The van der Waals surface area contributed by atoms with E-state index in [4.69, 9.17) is 9.47 Å². The molecule has 0 aromatic heterocycles. The number of nitriles is 2. The van der Waals surface area contributed by atoms with Crippen LogP contribution < -0.4 is 19.3 Å². The molecule has 53 heavy (non-hydrogen) atoms. The Kier molecular flexibility index (Phi) is 7.65. The van der Waals surface area contributed by atoms with Gasteiger partial charge in [0.1, 0.15) is 0 Å². The zero-order valence-corrected chi connectivity index (χ0v) is 29.1. The van der Waals surface area contributed by atoms with Crippen LogP contribution in [0.4, 0.5) is 34.1 Å². The lowest BCUT2D eigenvalue weighted by atomic mass is 9.82. The Balaban J connectivity index is 1.47. The number of para-hydroxylation sites is 8. The maximum Gasteiger partial charge on any atom is 0.151 e. The Morgan fingerprint density at radius 3 is 1.06 bits per heavy atom. The predicted octanol–water partition coefficient (Wildman–Crippen LogP) is 13.0. The van der Waals surface area contributed by atoms with Crippen molar-refractivity contribution in [3.05, 3.63) is 168 Å². The topological polar surface area (TPSA) is 72.5 Å². The normalized spacial score (nSPS) is 12.3. The molecule has 0 N–H and O–H groups in total. The van der Waals surface area contributed by atoms with Crippen LogP contribution in [0.3, 0.4) is 0 Å². The molecule has 0 fully saturated rings. The average molecular weight is 685 g/mol. The Hall–Kier alpha value is -7.28. The molecule has 9 rings (SSSR count). The van der Waals surface area contributed by atoms with Gasteiger partial charge in [0, 0.05) is 11.1 Å². The molecule has 0 amide bonds. The maximum atomic E-state index is 9.78. The first kappa shape index (κ1) is 31.7. The van der Waals surface area contributed by atoms with E-state index in [1.54, 1.807) is 0 Å². The predicted molar refractivity (Wildman–Crippen MR) is 210 cm³/mol. The summed E-state index contributed by atoms with van der Waals surface area (Å²) in [4.78, 5) is 4.61. The summed E-state index contributed by atoms with van der Waals surface area (Å²) in [7, 11) is 0. The van der Waals surface area contributed by atoms with Gasteiger partial charge in [0.05, 0.1) is 57.4 Å². The van der Waals surface area contributed by atoms with E-state index < -0.39 is 0 Å². The molecule has 0 aliphatic carbocycles. The van der Waals surface area contributed by atoms with Crippen molar-refractivity contribution in [3.63, 3.8) is 0 Å². The van der Waals surface area contributed by atoms with E-state index in [0.717, 1.165) is 84.9 Å². The van der Waals surface area contributed by atoms with Crippen molar-refractivity contribution in [2.24, 2.45) is 0 Å². The highest BCUT2D eigenvalue weighted by atomic mass is 16.5. The molecule has 0 unspecified atom stereocenters. The fourth-order valence-electron chi connectivity index (χ4n) is 7.56. The molecule has 7 aromatic rings. The van der Waals surface area contributed by atoms with Crippen LogP contribution in [0.2, 0.25) is 0 Å². The van der Waals surface area contributed by atoms with E-state index in [0.29, 0.717) is 11.1 Å². The lowest BCUT2D eigenvalue weighted by Crippen LogP contribution is -2.21. The Labute approximate surface area is 308 Å². The van der Waals surface area contributed by atoms with E-state index in [-0.39, 0.29) is 5.92 Å². The van der Waals surface area contributed by atoms with Crippen LogP contribution in [-0.4, -0.2) is 0 Å². The standard InChI is InChI=1S/C47H32N4O2/c1-30(2)45-46(33-23-19-31(28-48)20-24-33)39(50-35-11-3-7-15-41(35)52-42-16-8-4-12-36(42)50)27-40(47(45)34-25-21-32(29-49)22-26-34)51-37-13-5-9-17-43(37)53-44-18-10-6-14-38(44)51/h3-27,30H,1-2H3. The third kappa shape index (κ3) is 5.25. The largest absolute Gasteiger partial charge is 0.453 e. The Bertz CT molecular complexity index is 2360. The van der Waals surface area contributed by atoms with Gasteiger partial charge in [-0.15, -0.1) is 0 Å². The fraction of sp³-hybridized carbons (Fsp3) is 0.0638. The Morgan fingerprint density at radius 2 is 0.755 bits per heavy atom.